The van der Waals surface area contributed by atoms with Crippen molar-refractivity contribution < 1.29 is 0 Å². The molecule has 1 rings (SSSR count). The largest absolute Gasteiger partial charge is 0.228 e. The van der Waals surface area contributed by atoms with Gasteiger partial charge < -0.3 is 0 Å². The molecule has 2 unspecified atom stereocenters. The van der Waals surface area contributed by atoms with Gasteiger partial charge in [0, 0.05) is 11.3 Å². The molecule has 0 N–H and O–H groups in total. The van der Waals surface area contributed by atoms with Gasteiger partial charge in [0.1, 0.15) is 11.3 Å². The Labute approximate surface area is 75.8 Å². The molecule has 0 fully saturated rings. The molecule has 0 spiro atoms. The van der Waals surface area contributed by atoms with Gasteiger partial charge in [-0.3, -0.25) is 0 Å². The summed E-state index contributed by atoms with van der Waals surface area (Å²) in [6.07, 6.45) is 2.55. The predicted octanol–water partition coefficient (Wildman–Crippen LogP) is 2.66. The fourth-order valence-corrected chi connectivity index (χ4v) is 1.71. The van der Waals surface area contributed by atoms with E-state index in [4.69, 9.17) is 11.6 Å². The van der Waals surface area contributed by atoms with E-state index >= 15 is 0 Å². The number of alkyl halides is 1. The van der Waals surface area contributed by atoms with Gasteiger partial charge in [0.2, 0.25) is 0 Å². The Balaban J connectivity index is 2.62. The van der Waals surface area contributed by atoms with Gasteiger partial charge in [-0.25, -0.2) is 4.98 Å². The van der Waals surface area contributed by atoms with E-state index in [9.17, 15) is 0 Å². The van der Waals surface area contributed by atoms with E-state index in [0.717, 1.165) is 11.4 Å². The van der Waals surface area contributed by atoms with Gasteiger partial charge in [0.15, 0.2) is 0 Å². The maximum absolute atomic E-state index is 6.05. The predicted molar refractivity (Wildman–Crippen MR) is 48.3 cm³/mol. The highest BCUT2D eigenvalue weighted by Gasteiger charge is 2.16. The molecule has 0 amide bonds. The summed E-state index contributed by atoms with van der Waals surface area (Å²) in [6.45, 7) is 4.16. The molecule has 2 nitrogen and oxygen atoms in total. The average Bonchev–Trinajstić information content (AvgIpc) is 2.53. The summed E-state index contributed by atoms with van der Waals surface area (Å²) in [6, 6.07) is 0. The number of halogens is 1. The molecule has 1 aromatic rings. The van der Waals surface area contributed by atoms with Gasteiger partial charge in [-0.05, 0) is 18.0 Å². The zero-order valence-corrected chi connectivity index (χ0v) is 8.19. The Morgan fingerprint density at radius 1 is 1.73 bits per heavy atom. The molecule has 0 aliphatic carbocycles. The molecule has 0 bridgehead atoms. The number of nitrogens with zero attached hydrogens (tertiary/aromatic N) is 2. The molecule has 4 heteroatoms. The Hall–Kier alpha value is -0.150. The van der Waals surface area contributed by atoms with Gasteiger partial charge >= 0.3 is 0 Å². The van der Waals surface area contributed by atoms with E-state index in [1.165, 1.54) is 11.5 Å². The monoisotopic (exact) mass is 190 g/mol. The van der Waals surface area contributed by atoms with Crippen molar-refractivity contribution in [1.82, 2.24) is 9.36 Å². The van der Waals surface area contributed by atoms with Crippen LogP contribution in [0.4, 0.5) is 0 Å². The van der Waals surface area contributed by atoms with E-state index in [2.05, 4.69) is 23.2 Å². The first-order chi connectivity index (χ1) is 5.25. The van der Waals surface area contributed by atoms with Crippen LogP contribution in [-0.4, -0.2) is 14.7 Å². The van der Waals surface area contributed by atoms with Crippen molar-refractivity contribution >= 4 is 23.1 Å². The minimum absolute atomic E-state index is 0.183. The van der Waals surface area contributed by atoms with Crippen molar-refractivity contribution in [1.29, 1.82) is 0 Å². The minimum atomic E-state index is 0.183. The second-order valence-electron chi connectivity index (χ2n) is 2.49. The normalized spacial score (nSPS) is 16.3. The van der Waals surface area contributed by atoms with E-state index < -0.39 is 0 Å². The van der Waals surface area contributed by atoms with Crippen molar-refractivity contribution in [3.63, 3.8) is 0 Å². The topological polar surface area (TPSA) is 25.8 Å². The Bertz CT molecular complexity index is 200. The number of aromatic nitrogens is 2. The van der Waals surface area contributed by atoms with Crippen LogP contribution >= 0.6 is 23.1 Å². The van der Waals surface area contributed by atoms with Crippen LogP contribution in [0.1, 0.15) is 31.2 Å². The van der Waals surface area contributed by atoms with E-state index in [-0.39, 0.29) is 5.38 Å². The summed E-state index contributed by atoms with van der Waals surface area (Å²) in [4.78, 5) is 4.11. The van der Waals surface area contributed by atoms with Gasteiger partial charge in [0.05, 0.1) is 0 Å². The summed E-state index contributed by atoms with van der Waals surface area (Å²) >= 11 is 7.48. The molecule has 0 aromatic carbocycles. The second kappa shape index (κ2) is 4.02. The highest BCUT2D eigenvalue weighted by atomic mass is 35.5. The number of rotatable bonds is 3. The highest BCUT2D eigenvalue weighted by Crippen LogP contribution is 2.25. The van der Waals surface area contributed by atoms with Crippen LogP contribution in [0.2, 0.25) is 0 Å². The van der Waals surface area contributed by atoms with Crippen LogP contribution in [0.15, 0.2) is 6.33 Å². The lowest BCUT2D eigenvalue weighted by atomic mass is 10.1. The summed E-state index contributed by atoms with van der Waals surface area (Å²) in [5.74, 6) is 0.328. The van der Waals surface area contributed by atoms with Crippen molar-refractivity contribution in [2.45, 2.75) is 31.6 Å². The van der Waals surface area contributed by atoms with Crippen LogP contribution in [0.5, 0.6) is 0 Å². The molecule has 1 aromatic heterocycles. The zero-order chi connectivity index (χ0) is 8.27. The number of hydrogen-bond donors (Lipinski definition) is 0. The van der Waals surface area contributed by atoms with E-state index in [1.54, 1.807) is 6.33 Å². The highest BCUT2D eigenvalue weighted by molar-refractivity contribution is 7.05. The quantitative estimate of drug-likeness (QED) is 0.685. The third-order valence-electron chi connectivity index (χ3n) is 1.70. The smallest absolute Gasteiger partial charge is 0.129 e. The van der Waals surface area contributed by atoms with Gasteiger partial charge in [-0.15, -0.1) is 11.6 Å². The Kier molecular flexibility index (Phi) is 3.27. The summed E-state index contributed by atoms with van der Waals surface area (Å²) in [5, 5.41) is 1.22. The molecule has 0 saturated heterocycles. The van der Waals surface area contributed by atoms with Crippen LogP contribution in [-0.2, 0) is 0 Å². The molecule has 62 valence electrons. The van der Waals surface area contributed by atoms with Crippen LogP contribution in [0.3, 0.4) is 0 Å². The molecule has 11 heavy (non-hydrogen) atoms. The summed E-state index contributed by atoms with van der Waals surface area (Å²) in [5.41, 5.74) is 0. The lowest BCUT2D eigenvalue weighted by Gasteiger charge is -2.11. The first-order valence-electron chi connectivity index (χ1n) is 3.66. The summed E-state index contributed by atoms with van der Waals surface area (Å²) < 4.78 is 3.93. The van der Waals surface area contributed by atoms with Gasteiger partial charge in [-0.2, -0.15) is 4.37 Å². The average molecular weight is 191 g/mol. The lowest BCUT2D eigenvalue weighted by Crippen LogP contribution is -2.07. The summed E-state index contributed by atoms with van der Waals surface area (Å²) in [7, 11) is 0. The molecular formula is C7H11ClN2S. The van der Waals surface area contributed by atoms with Crippen LogP contribution in [0, 0.1) is 0 Å². The second-order valence-corrected chi connectivity index (χ2v) is 3.86. The molecule has 0 aliphatic heterocycles. The molecule has 0 saturated carbocycles. The fourth-order valence-electron chi connectivity index (χ4n) is 0.891. The van der Waals surface area contributed by atoms with Crippen molar-refractivity contribution in [3.8, 4) is 0 Å². The molecule has 0 aliphatic rings. The number of hydrogen-bond acceptors (Lipinski definition) is 3. The van der Waals surface area contributed by atoms with Crippen molar-refractivity contribution in [2.75, 3.05) is 0 Å². The van der Waals surface area contributed by atoms with Gasteiger partial charge in [-0.1, -0.05) is 13.8 Å². The lowest BCUT2D eigenvalue weighted by molar-refractivity contribution is 0.670. The third kappa shape index (κ3) is 2.14. The molecule has 2 atom stereocenters. The Morgan fingerprint density at radius 2 is 2.45 bits per heavy atom. The van der Waals surface area contributed by atoms with E-state index in [1.807, 2.05) is 0 Å². The molecule has 0 radical (unpaired) electrons. The minimum Gasteiger partial charge on any atom is -0.228 e. The maximum Gasteiger partial charge on any atom is 0.129 e. The first-order valence-corrected chi connectivity index (χ1v) is 4.87. The maximum atomic E-state index is 6.05. The fraction of sp³-hybridized carbons (Fsp3) is 0.714. The van der Waals surface area contributed by atoms with Crippen LogP contribution < -0.4 is 0 Å². The van der Waals surface area contributed by atoms with Crippen molar-refractivity contribution in [2.24, 2.45) is 0 Å². The Morgan fingerprint density at radius 3 is 2.91 bits per heavy atom. The van der Waals surface area contributed by atoms with Crippen molar-refractivity contribution in [3.05, 3.63) is 11.3 Å². The van der Waals surface area contributed by atoms with E-state index in [0.29, 0.717) is 5.92 Å². The zero-order valence-electron chi connectivity index (χ0n) is 6.62. The SMILES string of the molecule is CCC(Cl)C(C)c1ncns1. The van der Waals surface area contributed by atoms with Gasteiger partial charge in [0.25, 0.3) is 0 Å². The van der Waals surface area contributed by atoms with Crippen LogP contribution in [0.25, 0.3) is 0 Å². The third-order valence-corrected chi connectivity index (χ3v) is 3.25. The standard InChI is InChI=1S/C7H11ClN2S/c1-3-6(8)5(2)7-9-4-10-11-7/h4-6H,3H2,1-2H3. The first kappa shape index (κ1) is 8.94. The molecular weight excluding hydrogens is 180 g/mol. The molecule has 1 heterocycles.